The second-order valence-electron chi connectivity index (χ2n) is 7.41. The number of anilines is 1. The third-order valence-electron chi connectivity index (χ3n) is 5.56. The van der Waals surface area contributed by atoms with Gasteiger partial charge in [-0.3, -0.25) is 4.90 Å². The Morgan fingerprint density at radius 3 is 2.88 bits per heavy atom. The lowest BCUT2D eigenvalue weighted by molar-refractivity contribution is 0.219. The second kappa shape index (κ2) is 6.72. The topological polar surface area (TPSA) is 35.6 Å². The first-order chi connectivity index (χ1) is 12.5. The van der Waals surface area contributed by atoms with Crippen molar-refractivity contribution in [2.75, 3.05) is 25.0 Å². The molecule has 5 heteroatoms. The van der Waals surface area contributed by atoms with Gasteiger partial charge in [-0.2, -0.15) is 0 Å². The first-order valence-corrected chi connectivity index (χ1v) is 9.14. The van der Waals surface area contributed by atoms with Crippen LogP contribution in [0.1, 0.15) is 29.0 Å². The molecule has 136 valence electrons. The molecular formula is C21H24FN3O. The third kappa shape index (κ3) is 2.97. The molecule has 0 bridgehead atoms. The number of piperidine rings is 1. The highest BCUT2D eigenvalue weighted by atomic mass is 19.1. The zero-order chi connectivity index (χ0) is 18.3. The van der Waals surface area contributed by atoms with Crippen molar-refractivity contribution in [2.45, 2.75) is 31.8 Å². The SMILES string of the molecule is Cc1ccc2c(c1)[C@H]1CN(C)CC[C@@H]1N2C(=O)NCc1ccccc1F. The van der Waals surface area contributed by atoms with Crippen LogP contribution in [0.25, 0.3) is 0 Å². The Kier molecular flexibility index (Phi) is 4.41. The van der Waals surface area contributed by atoms with Crippen molar-refractivity contribution in [3.63, 3.8) is 0 Å². The molecular weight excluding hydrogens is 329 g/mol. The number of hydrogen-bond acceptors (Lipinski definition) is 2. The summed E-state index contributed by atoms with van der Waals surface area (Å²) in [7, 11) is 2.13. The Bertz CT molecular complexity index is 838. The van der Waals surface area contributed by atoms with E-state index in [2.05, 4.69) is 36.3 Å². The lowest BCUT2D eigenvalue weighted by atomic mass is 9.89. The van der Waals surface area contributed by atoms with Gasteiger partial charge in [-0.15, -0.1) is 0 Å². The van der Waals surface area contributed by atoms with Crippen molar-refractivity contribution in [1.29, 1.82) is 0 Å². The lowest BCUT2D eigenvalue weighted by Crippen LogP contribution is -2.50. The molecule has 2 atom stereocenters. The molecule has 2 aromatic rings. The monoisotopic (exact) mass is 353 g/mol. The molecule has 0 radical (unpaired) electrons. The normalized spacial score (nSPS) is 22.0. The molecule has 2 amide bonds. The van der Waals surface area contributed by atoms with Crippen molar-refractivity contribution in [2.24, 2.45) is 0 Å². The van der Waals surface area contributed by atoms with Crippen LogP contribution in [-0.4, -0.2) is 37.1 Å². The van der Waals surface area contributed by atoms with Crippen molar-refractivity contribution < 1.29 is 9.18 Å². The quantitative estimate of drug-likeness (QED) is 0.894. The average molecular weight is 353 g/mol. The largest absolute Gasteiger partial charge is 0.333 e. The van der Waals surface area contributed by atoms with E-state index in [1.807, 2.05) is 11.0 Å². The number of urea groups is 1. The molecule has 0 aromatic heterocycles. The van der Waals surface area contributed by atoms with Gasteiger partial charge in [-0.25, -0.2) is 9.18 Å². The highest BCUT2D eigenvalue weighted by Gasteiger charge is 2.43. The molecule has 26 heavy (non-hydrogen) atoms. The number of amides is 2. The molecule has 0 aliphatic carbocycles. The van der Waals surface area contributed by atoms with Gasteiger partial charge in [0.15, 0.2) is 0 Å². The Morgan fingerprint density at radius 1 is 1.27 bits per heavy atom. The van der Waals surface area contributed by atoms with E-state index in [4.69, 9.17) is 0 Å². The molecule has 0 saturated carbocycles. The molecule has 2 aromatic carbocycles. The van der Waals surface area contributed by atoms with Crippen LogP contribution >= 0.6 is 0 Å². The van der Waals surface area contributed by atoms with Crippen LogP contribution in [0.5, 0.6) is 0 Å². The summed E-state index contributed by atoms with van der Waals surface area (Å²) in [6.45, 7) is 4.21. The molecule has 2 aliphatic rings. The predicted octanol–water partition coefficient (Wildman–Crippen LogP) is 3.65. The Labute approximate surface area is 153 Å². The summed E-state index contributed by atoms with van der Waals surface area (Å²) in [5.74, 6) is 0.0466. The van der Waals surface area contributed by atoms with E-state index in [0.29, 0.717) is 11.5 Å². The maximum atomic E-state index is 13.8. The summed E-state index contributed by atoms with van der Waals surface area (Å²) in [5.41, 5.74) is 3.96. The molecule has 0 spiro atoms. The average Bonchev–Trinajstić information content (AvgIpc) is 2.94. The fraction of sp³-hybridized carbons (Fsp3) is 0.381. The fourth-order valence-corrected chi connectivity index (χ4v) is 4.24. The number of hydrogen-bond donors (Lipinski definition) is 1. The lowest BCUT2D eigenvalue weighted by Gasteiger charge is -2.36. The first-order valence-electron chi connectivity index (χ1n) is 9.14. The highest BCUT2D eigenvalue weighted by Crippen LogP contribution is 2.44. The van der Waals surface area contributed by atoms with E-state index in [-0.39, 0.29) is 24.4 Å². The number of nitrogens with zero attached hydrogens (tertiary/aromatic N) is 2. The van der Waals surface area contributed by atoms with Crippen LogP contribution in [0.3, 0.4) is 0 Å². The standard InChI is InChI=1S/C21H24FN3O/c1-14-7-8-19-16(11-14)17-13-24(2)10-9-20(17)25(19)21(26)23-12-15-5-3-4-6-18(15)22/h3-8,11,17,20H,9-10,12-13H2,1-2H3,(H,23,26)/t17-,20+/m1/s1. The number of likely N-dealkylation sites (N-methyl/N-ethyl adjacent to an activating group) is 1. The number of carbonyl (C=O) groups excluding carboxylic acids is 1. The molecule has 4 nitrogen and oxygen atoms in total. The van der Waals surface area contributed by atoms with Crippen LogP contribution in [0.15, 0.2) is 42.5 Å². The molecule has 0 unspecified atom stereocenters. The number of likely N-dealkylation sites (tertiary alicyclic amines) is 1. The zero-order valence-corrected chi connectivity index (χ0v) is 15.2. The van der Waals surface area contributed by atoms with Crippen LogP contribution in [-0.2, 0) is 6.54 Å². The van der Waals surface area contributed by atoms with Crippen molar-refractivity contribution in [1.82, 2.24) is 10.2 Å². The van der Waals surface area contributed by atoms with E-state index in [1.165, 1.54) is 17.2 Å². The highest BCUT2D eigenvalue weighted by molar-refractivity contribution is 5.95. The van der Waals surface area contributed by atoms with Crippen LogP contribution in [0, 0.1) is 12.7 Å². The number of aryl methyl sites for hydroxylation is 1. The number of benzene rings is 2. The van der Waals surface area contributed by atoms with Crippen LogP contribution in [0.2, 0.25) is 0 Å². The van der Waals surface area contributed by atoms with Crippen LogP contribution < -0.4 is 10.2 Å². The summed E-state index contributed by atoms with van der Waals surface area (Å²) in [5, 5.41) is 2.91. The fourth-order valence-electron chi connectivity index (χ4n) is 4.24. The predicted molar refractivity (Wildman–Crippen MR) is 101 cm³/mol. The minimum atomic E-state index is -0.289. The smallest absolute Gasteiger partial charge is 0.322 e. The summed E-state index contributed by atoms with van der Waals surface area (Å²) in [6.07, 6.45) is 0.946. The van der Waals surface area contributed by atoms with Gasteiger partial charge in [0.05, 0.1) is 0 Å². The van der Waals surface area contributed by atoms with Gasteiger partial charge in [0, 0.05) is 36.3 Å². The van der Waals surface area contributed by atoms with E-state index >= 15 is 0 Å². The maximum Gasteiger partial charge on any atom is 0.322 e. The van der Waals surface area contributed by atoms with Gasteiger partial charge in [0.1, 0.15) is 5.82 Å². The Hall–Kier alpha value is -2.40. The molecule has 2 aliphatic heterocycles. The molecule has 2 heterocycles. The summed E-state index contributed by atoms with van der Waals surface area (Å²) >= 11 is 0. The van der Waals surface area contributed by atoms with Crippen molar-refractivity contribution in [3.8, 4) is 0 Å². The number of nitrogens with one attached hydrogen (secondary N) is 1. The van der Waals surface area contributed by atoms with Gasteiger partial charge in [0.2, 0.25) is 0 Å². The van der Waals surface area contributed by atoms with Crippen molar-refractivity contribution in [3.05, 3.63) is 65.0 Å². The maximum absolute atomic E-state index is 13.8. The van der Waals surface area contributed by atoms with Gasteiger partial charge in [-0.1, -0.05) is 35.9 Å². The first kappa shape index (κ1) is 17.0. The van der Waals surface area contributed by atoms with E-state index in [9.17, 15) is 9.18 Å². The van der Waals surface area contributed by atoms with Gasteiger partial charge in [-0.05, 0) is 44.6 Å². The Morgan fingerprint density at radius 2 is 2.08 bits per heavy atom. The number of carbonyl (C=O) groups is 1. The second-order valence-corrected chi connectivity index (χ2v) is 7.41. The number of fused-ring (bicyclic) bond motifs is 3. The van der Waals surface area contributed by atoms with E-state index in [1.54, 1.807) is 18.2 Å². The summed E-state index contributed by atoms with van der Waals surface area (Å²) in [4.78, 5) is 17.2. The summed E-state index contributed by atoms with van der Waals surface area (Å²) < 4.78 is 13.8. The van der Waals surface area contributed by atoms with Crippen molar-refractivity contribution >= 4 is 11.7 Å². The van der Waals surface area contributed by atoms with E-state index < -0.39 is 0 Å². The number of halogens is 1. The number of rotatable bonds is 2. The molecule has 1 N–H and O–H groups in total. The van der Waals surface area contributed by atoms with Crippen LogP contribution in [0.4, 0.5) is 14.9 Å². The Balaban J connectivity index is 1.59. The molecule has 4 rings (SSSR count). The summed E-state index contributed by atoms with van der Waals surface area (Å²) in [6, 6.07) is 12.9. The minimum Gasteiger partial charge on any atom is -0.333 e. The van der Waals surface area contributed by atoms with Gasteiger partial charge < -0.3 is 10.2 Å². The minimum absolute atomic E-state index is 0.143. The molecule has 1 fully saturated rings. The molecule has 1 saturated heterocycles. The van der Waals surface area contributed by atoms with Gasteiger partial charge >= 0.3 is 6.03 Å². The third-order valence-corrected chi connectivity index (χ3v) is 5.56. The zero-order valence-electron chi connectivity index (χ0n) is 15.2. The van der Waals surface area contributed by atoms with Gasteiger partial charge in [0.25, 0.3) is 0 Å². The van der Waals surface area contributed by atoms with E-state index in [0.717, 1.165) is 25.2 Å².